The average Bonchev–Trinajstić information content (AvgIpc) is 3.32. The van der Waals surface area contributed by atoms with Crippen LogP contribution in [-0.4, -0.2) is 91.1 Å². The van der Waals surface area contributed by atoms with Crippen molar-refractivity contribution in [3.63, 3.8) is 0 Å². The zero-order valence-corrected chi connectivity index (χ0v) is 39.4. The van der Waals surface area contributed by atoms with Gasteiger partial charge in [0.1, 0.15) is 25.3 Å². The number of rotatable bonds is 7. The van der Waals surface area contributed by atoms with Gasteiger partial charge >= 0.3 is 0 Å². The van der Waals surface area contributed by atoms with Gasteiger partial charge in [-0.2, -0.15) is 25.5 Å². The van der Waals surface area contributed by atoms with E-state index in [1.165, 1.54) is 19.0 Å². The van der Waals surface area contributed by atoms with Crippen LogP contribution in [0, 0.1) is 0 Å². The Morgan fingerprint density at radius 1 is 0.286 bits per heavy atom. The zero-order chi connectivity index (χ0) is 46.8. The van der Waals surface area contributed by atoms with Crippen LogP contribution in [0.25, 0.3) is 0 Å². The lowest BCUT2D eigenvalue weighted by molar-refractivity contribution is 0.741. The summed E-state index contributed by atoms with van der Waals surface area (Å²) >= 11 is 0. The smallest absolute Gasteiger partial charge is 0.138 e. The molecule has 0 aromatic carbocycles. The maximum absolute atomic E-state index is 4.12. The summed E-state index contributed by atoms with van der Waals surface area (Å²) in [6.45, 7) is 29.2. The van der Waals surface area contributed by atoms with E-state index in [2.05, 4.69) is 188 Å². The van der Waals surface area contributed by atoms with E-state index in [0.29, 0.717) is 41.4 Å². The second kappa shape index (κ2) is 33.0. The van der Waals surface area contributed by atoms with Crippen LogP contribution in [0.5, 0.6) is 0 Å². The topological polar surface area (TPSA) is 232 Å². The molecule has 0 fully saturated rings. The Labute approximate surface area is 373 Å². The van der Waals surface area contributed by atoms with E-state index in [0.717, 1.165) is 39.9 Å². The van der Waals surface area contributed by atoms with E-state index < -0.39 is 0 Å². The van der Waals surface area contributed by atoms with Crippen LogP contribution < -0.4 is 0 Å². The van der Waals surface area contributed by atoms with Crippen LogP contribution in [0.15, 0.2) is 105 Å². The second-order valence-corrected chi connectivity index (χ2v) is 15.6. The number of aromatic nitrogens is 18. The summed E-state index contributed by atoms with van der Waals surface area (Å²) in [5.41, 5.74) is 7.12. The molecule has 63 heavy (non-hydrogen) atoms. The molecule has 0 atom stereocenters. The Kier molecular flexibility index (Phi) is 28.4. The van der Waals surface area contributed by atoms with Gasteiger partial charge in [-0.15, -0.1) is 25.5 Å². The molecule has 7 rings (SSSR count). The molecule has 336 valence electrons. The first-order valence-electron chi connectivity index (χ1n) is 20.9. The molecule has 0 aliphatic carbocycles. The van der Waals surface area contributed by atoms with Gasteiger partial charge in [-0.3, -0.25) is 9.97 Å². The Hall–Kier alpha value is -6.72. The van der Waals surface area contributed by atoms with Crippen molar-refractivity contribution in [3.05, 3.63) is 145 Å². The van der Waals surface area contributed by atoms with Gasteiger partial charge < -0.3 is 0 Å². The lowest BCUT2D eigenvalue weighted by Gasteiger charge is -1.99. The average molecular weight is 859 g/mol. The van der Waals surface area contributed by atoms with Crippen molar-refractivity contribution in [2.75, 3.05) is 0 Å². The van der Waals surface area contributed by atoms with Gasteiger partial charge in [0.05, 0.1) is 59.0 Å². The molecule has 7 aromatic heterocycles. The Morgan fingerprint density at radius 2 is 0.778 bits per heavy atom. The van der Waals surface area contributed by atoms with Gasteiger partial charge in [-0.1, -0.05) is 96.9 Å². The van der Waals surface area contributed by atoms with E-state index in [4.69, 9.17) is 0 Å². The quantitative estimate of drug-likeness (QED) is 0.146. The summed E-state index contributed by atoms with van der Waals surface area (Å²) in [4.78, 5) is 27.8. The highest BCUT2D eigenvalue weighted by atomic mass is 15.3. The predicted molar refractivity (Wildman–Crippen MR) is 244 cm³/mol. The SMILES string of the molecule is CC(C)c1cccnn1.CC(C)c1ccncn1.CC(C)c1ccnnn1.CC(C)c1cnccn1.CC(C)c1cncnn1.CC(C)c1cnncn1.CC(C)c1cnncn1. The van der Waals surface area contributed by atoms with Crippen molar-refractivity contribution in [3.8, 4) is 0 Å². The first-order chi connectivity index (χ1) is 30.1. The minimum atomic E-state index is 0.422. The fraction of sp³-hybridized carbons (Fsp3) is 0.467. The Bertz CT molecular complexity index is 1620. The molecule has 0 spiro atoms. The molecule has 0 aliphatic heterocycles. The van der Waals surface area contributed by atoms with Gasteiger partial charge in [0, 0.05) is 36.7 Å². The van der Waals surface area contributed by atoms with E-state index in [9.17, 15) is 0 Å². The predicted octanol–water partition coefficient (Wildman–Crippen LogP) is 8.78. The van der Waals surface area contributed by atoms with Gasteiger partial charge in [-0.05, 0) is 70.9 Å². The number of hydrogen-bond donors (Lipinski definition) is 0. The van der Waals surface area contributed by atoms with E-state index in [-0.39, 0.29) is 0 Å². The van der Waals surface area contributed by atoms with Crippen LogP contribution in [0.4, 0.5) is 0 Å². The molecule has 7 aromatic rings. The first-order valence-corrected chi connectivity index (χ1v) is 20.9. The standard InChI is InChI=1S/3C7H10N2.4C6H9N3/c1-6(2)7-5-8-3-4-9-7;1-6(2)7-3-4-8-5-9-7;1-6(2)7-4-3-5-8-9-7;2*1-5(2)6-3-8-9-4-7-6;1-5(2)6-3-7-4-8-9-6;1-5(2)6-3-4-7-9-8-6/h3*3-6H,1-2H3;4*3-5H,1-2H3. The van der Waals surface area contributed by atoms with Crippen LogP contribution >= 0.6 is 0 Å². The van der Waals surface area contributed by atoms with Gasteiger partial charge in [0.2, 0.25) is 0 Å². The Balaban J connectivity index is 0.000000367. The minimum Gasteiger partial charge on any atom is -0.261 e. The minimum absolute atomic E-state index is 0.422. The molecule has 7 heterocycles. The summed E-state index contributed by atoms with van der Waals surface area (Å²) in [5, 5.41) is 40.6. The lowest BCUT2D eigenvalue weighted by atomic mass is 10.1. The molecule has 0 unspecified atom stereocenters. The van der Waals surface area contributed by atoms with E-state index >= 15 is 0 Å². The largest absolute Gasteiger partial charge is 0.261 e. The third-order valence-corrected chi connectivity index (χ3v) is 7.97. The highest BCUT2D eigenvalue weighted by Gasteiger charge is 2.01. The summed E-state index contributed by atoms with van der Waals surface area (Å²) < 4.78 is 0. The summed E-state index contributed by atoms with van der Waals surface area (Å²) in [7, 11) is 0. The zero-order valence-electron chi connectivity index (χ0n) is 39.4. The van der Waals surface area contributed by atoms with E-state index in [1.54, 1.807) is 62.1 Å². The highest BCUT2D eigenvalue weighted by molar-refractivity contribution is 5.04. The lowest BCUT2D eigenvalue weighted by Crippen LogP contribution is -1.94. The maximum atomic E-state index is 4.12. The van der Waals surface area contributed by atoms with Crippen LogP contribution in [0.2, 0.25) is 0 Å². The van der Waals surface area contributed by atoms with Crippen molar-refractivity contribution in [2.24, 2.45) is 0 Å². The van der Waals surface area contributed by atoms with Crippen molar-refractivity contribution < 1.29 is 0 Å². The first kappa shape index (κ1) is 54.3. The van der Waals surface area contributed by atoms with Crippen LogP contribution in [0.1, 0.15) is 178 Å². The fourth-order valence-corrected chi connectivity index (χ4v) is 4.05. The number of hydrogen-bond acceptors (Lipinski definition) is 18. The van der Waals surface area contributed by atoms with Crippen LogP contribution in [0.3, 0.4) is 0 Å². The molecular formula is C45H66N18. The molecule has 0 saturated carbocycles. The van der Waals surface area contributed by atoms with Crippen molar-refractivity contribution in [1.29, 1.82) is 0 Å². The maximum Gasteiger partial charge on any atom is 0.138 e. The second-order valence-electron chi connectivity index (χ2n) is 15.6. The molecule has 0 aliphatic rings. The molecule has 18 heteroatoms. The molecule has 0 amide bonds. The van der Waals surface area contributed by atoms with Gasteiger partial charge in [-0.25, -0.2) is 24.9 Å². The third kappa shape index (κ3) is 26.3. The molecule has 0 N–H and O–H groups in total. The molecule has 0 bridgehead atoms. The number of nitrogens with zero attached hydrogens (tertiary/aromatic N) is 18. The summed E-state index contributed by atoms with van der Waals surface area (Å²) in [6, 6.07) is 7.70. The molecule has 18 nitrogen and oxygen atoms in total. The normalized spacial score (nSPS) is 10.1. The third-order valence-electron chi connectivity index (χ3n) is 7.97. The molecular weight excluding hydrogens is 793 g/mol. The van der Waals surface area contributed by atoms with Crippen molar-refractivity contribution in [1.82, 2.24) is 91.1 Å². The fourth-order valence-electron chi connectivity index (χ4n) is 4.05. The molecule has 0 saturated heterocycles. The summed E-state index contributed by atoms with van der Waals surface area (Å²) in [6.07, 6.45) is 21.4. The Morgan fingerprint density at radius 3 is 1.06 bits per heavy atom. The van der Waals surface area contributed by atoms with Crippen molar-refractivity contribution in [2.45, 2.75) is 138 Å². The van der Waals surface area contributed by atoms with Crippen LogP contribution in [-0.2, 0) is 0 Å². The van der Waals surface area contributed by atoms with E-state index in [1.807, 2.05) is 24.3 Å². The van der Waals surface area contributed by atoms with Crippen molar-refractivity contribution >= 4 is 0 Å². The molecule has 0 radical (unpaired) electrons. The van der Waals surface area contributed by atoms with Gasteiger partial charge in [0.25, 0.3) is 0 Å². The highest BCUT2D eigenvalue weighted by Crippen LogP contribution is 2.10. The summed E-state index contributed by atoms with van der Waals surface area (Å²) in [5.74, 6) is 3.23. The van der Waals surface area contributed by atoms with Gasteiger partial charge in [0.15, 0.2) is 0 Å². The monoisotopic (exact) mass is 859 g/mol.